The Balaban J connectivity index is 0.910. The molecular weight excluding hydrogens is 1040 g/mol. The zero-order valence-electron chi connectivity index (χ0n) is 47.4. The van der Waals surface area contributed by atoms with Gasteiger partial charge in [0, 0.05) is 34.5 Å². The minimum Gasteiger partial charge on any atom is -0.282 e. The molecule has 1 N–H and O–H groups in total. The molecular formula is C82H56N4. The van der Waals surface area contributed by atoms with Crippen LogP contribution in [0.5, 0.6) is 0 Å². The number of aliphatic imine (C=N–C) groups is 1. The Labute approximate surface area is 501 Å². The summed E-state index contributed by atoms with van der Waals surface area (Å²) in [6.07, 6.45) is 0. The molecule has 0 amide bonds. The third-order valence-electron chi connectivity index (χ3n) is 17.8. The van der Waals surface area contributed by atoms with E-state index >= 15 is 0 Å². The average Bonchev–Trinajstić information content (AvgIpc) is 1.54. The Bertz CT molecular complexity index is 4860. The van der Waals surface area contributed by atoms with Crippen LogP contribution in [0.2, 0.25) is 0 Å². The van der Waals surface area contributed by atoms with E-state index in [0.29, 0.717) is 11.4 Å². The number of para-hydroxylation sites is 1. The number of nitrogens with one attached hydrogen (secondary N) is 1. The summed E-state index contributed by atoms with van der Waals surface area (Å²) in [5, 5.41) is 14.8. The molecule has 13 aromatic carbocycles. The van der Waals surface area contributed by atoms with Crippen molar-refractivity contribution in [2.45, 2.75) is 5.41 Å². The van der Waals surface area contributed by atoms with Gasteiger partial charge in [-0.2, -0.15) is 0 Å². The predicted octanol–water partition coefficient (Wildman–Crippen LogP) is 20.2. The number of rotatable bonds is 9. The summed E-state index contributed by atoms with van der Waals surface area (Å²) in [5.74, 6) is 0.772. The molecule has 4 nitrogen and oxygen atoms in total. The lowest BCUT2D eigenvalue weighted by molar-refractivity contribution is 0.793. The fraction of sp³-hybridized carbons (Fsp3) is 0.0244. The summed E-state index contributed by atoms with van der Waals surface area (Å²) in [6.45, 7) is 0. The quantitative estimate of drug-likeness (QED) is 0.114. The van der Waals surface area contributed by atoms with Crippen molar-refractivity contribution in [1.29, 1.82) is 5.41 Å². The molecule has 0 atom stereocenters. The average molecular weight is 1100 g/mol. The van der Waals surface area contributed by atoms with Crippen LogP contribution in [0.3, 0.4) is 0 Å². The standard InChI is InChI=1S/C82H56N4/c1-85(86-77-43-21-17-38-70(77)71-44-45-76-78(79(71)86)72-39-16-20-42-75(72)82(76)73-40-18-14-36-68(73)69-37-15-19-41-74(69)82)81(61-35-23-33-59(47-61)67-52-64(56-28-10-4-11-29-56)49-65(53-67)57-30-12-5-13-31-57)84-80(83)60-34-22-32-58(46-60)66-50-62(54-24-6-2-7-25-54)48-63(51-66)55-26-8-3-9-27-55/h2-53,83H,1H3. The molecule has 14 aromatic rings. The van der Waals surface area contributed by atoms with Gasteiger partial charge in [-0.05, 0) is 160 Å². The van der Waals surface area contributed by atoms with Crippen molar-refractivity contribution >= 4 is 33.5 Å². The first-order valence-electron chi connectivity index (χ1n) is 29.5. The Kier molecular flexibility index (Phi) is 12.1. The highest BCUT2D eigenvalue weighted by atomic mass is 15.6. The van der Waals surface area contributed by atoms with Crippen LogP contribution in [-0.4, -0.2) is 23.4 Å². The Morgan fingerprint density at radius 2 is 0.709 bits per heavy atom. The predicted molar refractivity (Wildman–Crippen MR) is 359 cm³/mol. The molecule has 1 heterocycles. The Morgan fingerprint density at radius 3 is 1.21 bits per heavy atom. The molecule has 0 aliphatic heterocycles. The summed E-state index contributed by atoms with van der Waals surface area (Å²) in [4.78, 5) is 5.59. The van der Waals surface area contributed by atoms with Crippen molar-refractivity contribution < 1.29 is 0 Å². The van der Waals surface area contributed by atoms with E-state index in [-0.39, 0.29) is 5.84 Å². The molecule has 2 aliphatic rings. The third-order valence-corrected chi connectivity index (χ3v) is 17.8. The van der Waals surface area contributed by atoms with Gasteiger partial charge in [-0.25, -0.2) is 4.99 Å². The van der Waals surface area contributed by atoms with Gasteiger partial charge in [0.2, 0.25) is 0 Å². The van der Waals surface area contributed by atoms with Crippen LogP contribution in [0.25, 0.3) is 111 Å². The van der Waals surface area contributed by atoms with Gasteiger partial charge in [-0.3, -0.25) is 15.1 Å². The maximum atomic E-state index is 10.3. The van der Waals surface area contributed by atoms with Crippen LogP contribution in [-0.2, 0) is 5.41 Å². The van der Waals surface area contributed by atoms with E-state index in [0.717, 1.165) is 94.1 Å². The zero-order chi connectivity index (χ0) is 57.3. The van der Waals surface area contributed by atoms with Crippen molar-refractivity contribution in [3.63, 3.8) is 0 Å². The molecule has 1 spiro atoms. The first-order valence-corrected chi connectivity index (χ1v) is 29.5. The van der Waals surface area contributed by atoms with Crippen molar-refractivity contribution in [1.82, 2.24) is 4.68 Å². The molecule has 86 heavy (non-hydrogen) atoms. The lowest BCUT2D eigenvalue weighted by atomic mass is 9.70. The number of benzene rings is 13. The van der Waals surface area contributed by atoms with Crippen molar-refractivity contribution in [3.05, 3.63) is 349 Å². The highest BCUT2D eigenvalue weighted by Gasteiger charge is 2.52. The Hall–Kier alpha value is -11.2. The second-order valence-corrected chi connectivity index (χ2v) is 22.6. The highest BCUT2D eigenvalue weighted by Crippen LogP contribution is 2.64. The maximum Gasteiger partial charge on any atom is 0.157 e. The molecule has 0 radical (unpaired) electrons. The van der Waals surface area contributed by atoms with Crippen LogP contribution in [0.4, 0.5) is 0 Å². The molecule has 0 unspecified atom stereocenters. The van der Waals surface area contributed by atoms with Crippen molar-refractivity contribution in [3.8, 4) is 89.0 Å². The molecule has 0 fully saturated rings. The van der Waals surface area contributed by atoms with Gasteiger partial charge in [0.25, 0.3) is 0 Å². The summed E-state index contributed by atoms with van der Waals surface area (Å²) in [5.41, 5.74) is 26.5. The fourth-order valence-corrected chi connectivity index (χ4v) is 14.0. The summed E-state index contributed by atoms with van der Waals surface area (Å²) in [7, 11) is 2.13. The summed E-state index contributed by atoms with van der Waals surface area (Å²) >= 11 is 0. The van der Waals surface area contributed by atoms with Gasteiger partial charge >= 0.3 is 0 Å². The molecule has 0 bridgehead atoms. The van der Waals surface area contributed by atoms with E-state index in [4.69, 9.17) is 4.99 Å². The number of fused-ring (bicyclic) bond motifs is 14. The molecule has 404 valence electrons. The zero-order valence-corrected chi connectivity index (χ0v) is 47.4. The number of amidine groups is 2. The van der Waals surface area contributed by atoms with Gasteiger partial charge in [-0.15, -0.1) is 0 Å². The van der Waals surface area contributed by atoms with E-state index in [1.54, 1.807) is 0 Å². The number of hydrogen-bond acceptors (Lipinski definition) is 1. The first-order chi connectivity index (χ1) is 42.5. The minimum atomic E-state index is -0.541. The second kappa shape index (κ2) is 20.6. The second-order valence-electron chi connectivity index (χ2n) is 22.6. The fourth-order valence-electron chi connectivity index (χ4n) is 14.0. The van der Waals surface area contributed by atoms with Crippen LogP contribution in [0.1, 0.15) is 33.4 Å². The highest BCUT2D eigenvalue weighted by molar-refractivity contribution is 6.20. The Morgan fingerprint density at radius 1 is 0.326 bits per heavy atom. The largest absolute Gasteiger partial charge is 0.282 e. The van der Waals surface area contributed by atoms with Gasteiger partial charge in [-0.1, -0.05) is 261 Å². The van der Waals surface area contributed by atoms with Crippen molar-refractivity contribution in [2.24, 2.45) is 4.99 Å². The molecule has 1 aromatic heterocycles. The van der Waals surface area contributed by atoms with Crippen LogP contribution < -0.4 is 5.01 Å². The molecule has 2 aliphatic carbocycles. The monoisotopic (exact) mass is 1100 g/mol. The van der Waals surface area contributed by atoms with E-state index in [2.05, 4.69) is 326 Å². The molecule has 16 rings (SSSR count). The van der Waals surface area contributed by atoms with E-state index in [1.165, 1.54) is 44.5 Å². The summed E-state index contributed by atoms with van der Waals surface area (Å²) in [6, 6.07) is 114. The van der Waals surface area contributed by atoms with E-state index in [1.807, 2.05) is 6.07 Å². The van der Waals surface area contributed by atoms with Crippen LogP contribution in [0, 0.1) is 5.41 Å². The van der Waals surface area contributed by atoms with Gasteiger partial charge in [0.1, 0.15) is 0 Å². The van der Waals surface area contributed by atoms with E-state index < -0.39 is 5.41 Å². The lowest BCUT2D eigenvalue weighted by Gasteiger charge is -2.30. The smallest absolute Gasteiger partial charge is 0.157 e. The number of hydrogen-bond donors (Lipinski definition) is 1. The third kappa shape index (κ3) is 8.21. The minimum absolute atomic E-state index is 0.147. The van der Waals surface area contributed by atoms with Gasteiger partial charge in [0.15, 0.2) is 11.7 Å². The lowest BCUT2D eigenvalue weighted by Crippen LogP contribution is -2.38. The normalized spacial score (nSPS) is 12.7. The summed E-state index contributed by atoms with van der Waals surface area (Å²) < 4.78 is 2.38. The molecule has 0 saturated heterocycles. The first kappa shape index (κ1) is 50.5. The van der Waals surface area contributed by atoms with Gasteiger partial charge < -0.3 is 0 Å². The van der Waals surface area contributed by atoms with Gasteiger partial charge in [0.05, 0.1) is 16.4 Å². The maximum absolute atomic E-state index is 10.3. The number of aromatic nitrogens is 1. The van der Waals surface area contributed by atoms with Crippen LogP contribution >= 0.6 is 0 Å². The molecule has 0 saturated carbocycles. The van der Waals surface area contributed by atoms with Crippen LogP contribution in [0.15, 0.2) is 320 Å². The molecule has 4 heteroatoms. The van der Waals surface area contributed by atoms with E-state index in [9.17, 15) is 5.41 Å². The SMILES string of the molecule is CN(C(=NC(=N)c1cccc(-c2cc(-c3ccccc3)cc(-c3ccccc3)c2)c1)c1cccc(-c2cc(-c3ccccc3)cc(-c3ccccc3)c2)c1)n1c2ccccc2c2ccc3c(c21)-c1ccccc1C31c2ccccc2-c2ccccc21. The topological polar surface area (TPSA) is 44.4 Å². The van der Waals surface area contributed by atoms with Crippen molar-refractivity contribution in [2.75, 3.05) is 12.1 Å². The number of nitrogens with zero attached hydrogens (tertiary/aromatic N) is 3.